The molecule has 0 bridgehead atoms. The van der Waals surface area contributed by atoms with Crippen LogP contribution in [0.2, 0.25) is 5.02 Å². The fourth-order valence-electron chi connectivity index (χ4n) is 2.40. The summed E-state index contributed by atoms with van der Waals surface area (Å²) in [6.45, 7) is 0. The highest BCUT2D eigenvalue weighted by Gasteiger charge is 2.09. The van der Waals surface area contributed by atoms with Gasteiger partial charge in [-0.05, 0) is 60.7 Å². The number of carbonyl (C=O) groups is 2. The van der Waals surface area contributed by atoms with Crippen molar-refractivity contribution in [1.29, 1.82) is 0 Å². The lowest BCUT2D eigenvalue weighted by Gasteiger charge is -2.07. The van der Waals surface area contributed by atoms with Crippen molar-refractivity contribution in [3.63, 3.8) is 0 Å². The zero-order chi connectivity index (χ0) is 20.8. The molecule has 0 saturated heterocycles. The molecular weight excluding hydrogens is 397 g/mol. The second-order valence-corrected chi connectivity index (χ2v) is 6.38. The molecular formula is C21H15ClFN3O3. The van der Waals surface area contributed by atoms with Crippen molar-refractivity contribution in [2.75, 3.05) is 5.32 Å². The fourth-order valence-corrected chi connectivity index (χ4v) is 2.58. The number of phenols is 1. The second kappa shape index (κ2) is 8.99. The van der Waals surface area contributed by atoms with Crippen molar-refractivity contribution in [3.05, 3.63) is 94.3 Å². The number of hydrogen-bond acceptors (Lipinski definition) is 4. The minimum atomic E-state index is -0.513. The number of phenolic OH excluding ortho intramolecular Hbond substituents is 1. The van der Waals surface area contributed by atoms with Crippen LogP contribution in [0.25, 0.3) is 0 Å². The Labute approximate surface area is 170 Å². The van der Waals surface area contributed by atoms with Crippen molar-refractivity contribution in [3.8, 4) is 5.75 Å². The van der Waals surface area contributed by atoms with E-state index in [4.69, 9.17) is 11.6 Å². The highest BCUT2D eigenvalue weighted by molar-refractivity contribution is 6.30. The van der Waals surface area contributed by atoms with Gasteiger partial charge in [0.2, 0.25) is 0 Å². The van der Waals surface area contributed by atoms with Crippen LogP contribution in [0.3, 0.4) is 0 Å². The Balaban J connectivity index is 1.66. The molecule has 0 aliphatic carbocycles. The van der Waals surface area contributed by atoms with Gasteiger partial charge in [0, 0.05) is 27.4 Å². The Morgan fingerprint density at radius 2 is 1.72 bits per heavy atom. The number of anilines is 1. The maximum Gasteiger partial charge on any atom is 0.271 e. The minimum absolute atomic E-state index is 0.0297. The average Bonchev–Trinajstić information content (AvgIpc) is 2.71. The summed E-state index contributed by atoms with van der Waals surface area (Å²) in [5.74, 6) is -1.41. The van der Waals surface area contributed by atoms with E-state index in [-0.39, 0.29) is 16.9 Å². The predicted molar refractivity (Wildman–Crippen MR) is 109 cm³/mol. The quantitative estimate of drug-likeness (QED) is 0.434. The van der Waals surface area contributed by atoms with Gasteiger partial charge in [-0.25, -0.2) is 9.82 Å². The smallest absolute Gasteiger partial charge is 0.271 e. The van der Waals surface area contributed by atoms with E-state index in [1.165, 1.54) is 54.7 Å². The summed E-state index contributed by atoms with van der Waals surface area (Å²) in [4.78, 5) is 24.5. The Hall–Kier alpha value is -3.71. The van der Waals surface area contributed by atoms with Crippen molar-refractivity contribution in [1.82, 2.24) is 5.43 Å². The molecule has 0 atom stereocenters. The van der Waals surface area contributed by atoms with Crippen molar-refractivity contribution in [2.24, 2.45) is 5.10 Å². The van der Waals surface area contributed by atoms with Crippen molar-refractivity contribution < 1.29 is 19.1 Å². The molecule has 0 fully saturated rings. The second-order valence-electron chi connectivity index (χ2n) is 5.94. The minimum Gasteiger partial charge on any atom is -0.507 e. The van der Waals surface area contributed by atoms with Crippen LogP contribution >= 0.6 is 11.6 Å². The molecule has 0 aromatic heterocycles. The largest absolute Gasteiger partial charge is 0.507 e. The molecule has 2 amide bonds. The Bertz CT molecular complexity index is 1080. The van der Waals surface area contributed by atoms with Crippen LogP contribution < -0.4 is 10.7 Å². The summed E-state index contributed by atoms with van der Waals surface area (Å²) < 4.78 is 13.0. The lowest BCUT2D eigenvalue weighted by molar-refractivity contribution is 0.0953. The van der Waals surface area contributed by atoms with Crippen LogP contribution in [-0.4, -0.2) is 23.1 Å². The summed E-state index contributed by atoms with van der Waals surface area (Å²) in [7, 11) is 0. The molecule has 3 rings (SSSR count). The maximum absolute atomic E-state index is 13.0. The molecule has 0 radical (unpaired) electrons. The Morgan fingerprint density at radius 3 is 2.48 bits per heavy atom. The highest BCUT2D eigenvalue weighted by atomic mass is 35.5. The summed E-state index contributed by atoms with van der Waals surface area (Å²) in [6, 6.07) is 15.8. The number of nitrogens with zero attached hydrogens (tertiary/aromatic N) is 1. The molecule has 3 N–H and O–H groups in total. The standard InChI is InChI=1S/C21H15ClFN3O3/c22-16-6-9-19(27)15(10-16)12-24-26-21(29)14-2-1-3-18(11-14)25-20(28)13-4-7-17(23)8-5-13/h1-12,27H,(H,25,28)(H,26,29)/b24-12+. The van der Waals surface area contributed by atoms with Gasteiger partial charge in [0.05, 0.1) is 6.21 Å². The molecule has 3 aromatic rings. The van der Waals surface area contributed by atoms with Crippen molar-refractivity contribution in [2.45, 2.75) is 0 Å². The third-order valence-corrected chi connectivity index (χ3v) is 4.08. The zero-order valence-electron chi connectivity index (χ0n) is 14.9. The molecule has 0 aliphatic heterocycles. The molecule has 0 aliphatic rings. The van der Waals surface area contributed by atoms with E-state index in [9.17, 15) is 19.1 Å². The van der Waals surface area contributed by atoms with E-state index in [1.807, 2.05) is 0 Å². The van der Waals surface area contributed by atoms with E-state index >= 15 is 0 Å². The first-order valence-corrected chi connectivity index (χ1v) is 8.79. The lowest BCUT2D eigenvalue weighted by Crippen LogP contribution is -2.18. The third kappa shape index (κ3) is 5.40. The van der Waals surface area contributed by atoms with Gasteiger partial charge < -0.3 is 10.4 Å². The van der Waals surface area contributed by atoms with Gasteiger partial charge in [0.1, 0.15) is 11.6 Å². The SMILES string of the molecule is O=C(N/N=C/c1cc(Cl)ccc1O)c1cccc(NC(=O)c2ccc(F)cc2)c1. The fraction of sp³-hybridized carbons (Fsp3) is 0. The van der Waals surface area contributed by atoms with Crippen LogP contribution in [0, 0.1) is 5.82 Å². The van der Waals surface area contributed by atoms with Gasteiger partial charge in [-0.2, -0.15) is 5.10 Å². The predicted octanol–water partition coefficient (Wildman–Crippen LogP) is 4.20. The van der Waals surface area contributed by atoms with Crippen LogP contribution in [0.1, 0.15) is 26.3 Å². The molecule has 8 heteroatoms. The molecule has 0 saturated carbocycles. The summed E-state index contributed by atoms with van der Waals surface area (Å²) >= 11 is 5.85. The summed E-state index contributed by atoms with van der Waals surface area (Å²) in [6.07, 6.45) is 1.26. The first kappa shape index (κ1) is 20.0. The van der Waals surface area contributed by atoms with Gasteiger partial charge >= 0.3 is 0 Å². The molecule has 6 nitrogen and oxygen atoms in total. The van der Waals surface area contributed by atoms with Gasteiger partial charge in [0.25, 0.3) is 11.8 Å². The Kier molecular flexibility index (Phi) is 6.21. The first-order valence-electron chi connectivity index (χ1n) is 8.41. The number of nitrogens with one attached hydrogen (secondary N) is 2. The number of carbonyl (C=O) groups excluding carboxylic acids is 2. The molecule has 3 aromatic carbocycles. The van der Waals surface area contributed by atoms with E-state index in [0.717, 1.165) is 0 Å². The summed E-state index contributed by atoms with van der Waals surface area (Å²) in [5.41, 5.74) is 3.62. The van der Waals surface area contributed by atoms with Crippen LogP contribution in [0.5, 0.6) is 5.75 Å². The highest BCUT2D eigenvalue weighted by Crippen LogP contribution is 2.19. The van der Waals surface area contributed by atoms with E-state index in [0.29, 0.717) is 16.3 Å². The van der Waals surface area contributed by atoms with E-state index in [1.54, 1.807) is 18.2 Å². The Morgan fingerprint density at radius 1 is 0.966 bits per heavy atom. The number of hydrazone groups is 1. The molecule has 0 heterocycles. The molecule has 146 valence electrons. The number of hydrogen-bond donors (Lipinski definition) is 3. The average molecular weight is 412 g/mol. The van der Waals surface area contributed by atoms with E-state index in [2.05, 4.69) is 15.8 Å². The van der Waals surface area contributed by atoms with Gasteiger partial charge in [-0.15, -0.1) is 0 Å². The number of aromatic hydroxyl groups is 1. The number of amides is 2. The molecule has 0 spiro atoms. The maximum atomic E-state index is 13.0. The van der Waals surface area contributed by atoms with Crippen LogP contribution in [-0.2, 0) is 0 Å². The topological polar surface area (TPSA) is 90.8 Å². The number of benzene rings is 3. The molecule has 29 heavy (non-hydrogen) atoms. The van der Waals surface area contributed by atoms with Crippen molar-refractivity contribution >= 4 is 35.3 Å². The lowest BCUT2D eigenvalue weighted by atomic mass is 10.1. The first-order chi connectivity index (χ1) is 13.9. The van der Waals surface area contributed by atoms with Gasteiger partial charge in [-0.1, -0.05) is 17.7 Å². The van der Waals surface area contributed by atoms with Crippen LogP contribution in [0.15, 0.2) is 71.8 Å². The summed E-state index contributed by atoms with van der Waals surface area (Å²) in [5, 5.41) is 16.6. The zero-order valence-corrected chi connectivity index (χ0v) is 15.7. The molecule has 0 unspecified atom stereocenters. The van der Waals surface area contributed by atoms with Gasteiger partial charge in [0.15, 0.2) is 0 Å². The van der Waals surface area contributed by atoms with E-state index < -0.39 is 17.6 Å². The van der Waals surface area contributed by atoms with Crippen LogP contribution in [0.4, 0.5) is 10.1 Å². The monoisotopic (exact) mass is 411 g/mol. The third-order valence-electron chi connectivity index (χ3n) is 3.85. The van der Waals surface area contributed by atoms with Gasteiger partial charge in [-0.3, -0.25) is 9.59 Å². The normalized spacial score (nSPS) is 10.7. The number of halogens is 2. The number of rotatable bonds is 5.